The number of hydrogen-bond donors (Lipinski definition) is 0. The second kappa shape index (κ2) is 9.56. The first-order chi connectivity index (χ1) is 13.0. The molecule has 4 fully saturated rings. The Morgan fingerprint density at radius 3 is 1.50 bits per heavy atom. The third-order valence-corrected chi connectivity index (χ3v) is 9.65. The third kappa shape index (κ3) is 5.27. The van der Waals surface area contributed by atoms with Gasteiger partial charge in [0.15, 0.2) is 0 Å². The minimum atomic E-state index is 0. The molecule has 164 valence electrons. The Hall–Kier alpha value is 0.210. The molecule has 0 bridgehead atoms. The van der Waals surface area contributed by atoms with Gasteiger partial charge < -0.3 is 9.80 Å². The number of hydrogen-bond acceptors (Lipinski definition) is 2. The molecule has 1 heterocycles. The SMILES string of the molecule is CN(C)CCCN1CCC2(CC1)CCC1(CCC3(CCCCC3)CC1)CC2.Cl. The quantitative estimate of drug-likeness (QED) is 0.519. The van der Waals surface area contributed by atoms with Gasteiger partial charge in [-0.3, -0.25) is 0 Å². The van der Waals surface area contributed by atoms with Crippen LogP contribution in [0.2, 0.25) is 0 Å². The highest BCUT2D eigenvalue weighted by molar-refractivity contribution is 5.85. The minimum absolute atomic E-state index is 0. The number of nitrogens with zero attached hydrogens (tertiary/aromatic N) is 2. The maximum Gasteiger partial charge on any atom is -0.000654 e. The Morgan fingerprint density at radius 2 is 1.04 bits per heavy atom. The van der Waals surface area contributed by atoms with Gasteiger partial charge in [0.05, 0.1) is 0 Å². The molecule has 0 N–H and O–H groups in total. The monoisotopic (exact) mass is 410 g/mol. The molecule has 0 radical (unpaired) electrons. The summed E-state index contributed by atoms with van der Waals surface area (Å²) in [6, 6.07) is 0. The third-order valence-electron chi connectivity index (χ3n) is 9.65. The molecule has 1 saturated heterocycles. The van der Waals surface area contributed by atoms with E-state index >= 15 is 0 Å². The van der Waals surface area contributed by atoms with Crippen LogP contribution in [0.15, 0.2) is 0 Å². The van der Waals surface area contributed by atoms with Crippen LogP contribution in [0.1, 0.15) is 103 Å². The number of halogens is 1. The van der Waals surface area contributed by atoms with Crippen LogP contribution in [0, 0.1) is 16.2 Å². The smallest absolute Gasteiger partial charge is 0.000654 e. The molecule has 3 heteroatoms. The summed E-state index contributed by atoms with van der Waals surface area (Å²) in [5, 5.41) is 0. The molecule has 3 saturated carbocycles. The van der Waals surface area contributed by atoms with Gasteiger partial charge in [0.1, 0.15) is 0 Å². The molecule has 3 spiro atoms. The van der Waals surface area contributed by atoms with E-state index in [4.69, 9.17) is 0 Å². The first-order valence-electron chi connectivity index (χ1n) is 12.4. The molecule has 0 atom stereocenters. The fourth-order valence-electron chi connectivity index (χ4n) is 7.28. The van der Waals surface area contributed by atoms with Crippen LogP contribution in [0.5, 0.6) is 0 Å². The van der Waals surface area contributed by atoms with Crippen molar-refractivity contribution >= 4 is 12.4 Å². The molecule has 0 unspecified atom stereocenters. The topological polar surface area (TPSA) is 6.48 Å². The van der Waals surface area contributed by atoms with Gasteiger partial charge in [0.25, 0.3) is 0 Å². The maximum atomic E-state index is 2.76. The van der Waals surface area contributed by atoms with Crippen molar-refractivity contribution < 1.29 is 0 Å². The lowest BCUT2D eigenvalue weighted by atomic mass is 9.52. The molecule has 0 amide bonds. The molecule has 0 aromatic carbocycles. The Bertz CT molecular complexity index is 453. The van der Waals surface area contributed by atoms with Crippen molar-refractivity contribution in [1.29, 1.82) is 0 Å². The molecular weight excluding hydrogens is 364 g/mol. The Kier molecular flexibility index (Phi) is 7.82. The summed E-state index contributed by atoms with van der Waals surface area (Å²) in [5.41, 5.74) is 2.32. The van der Waals surface area contributed by atoms with Crippen molar-refractivity contribution in [1.82, 2.24) is 9.80 Å². The van der Waals surface area contributed by atoms with Crippen LogP contribution in [0.25, 0.3) is 0 Å². The number of rotatable bonds is 4. The van der Waals surface area contributed by atoms with Crippen molar-refractivity contribution in [2.75, 3.05) is 40.3 Å². The van der Waals surface area contributed by atoms with Gasteiger partial charge in [-0.25, -0.2) is 0 Å². The summed E-state index contributed by atoms with van der Waals surface area (Å²) < 4.78 is 0. The van der Waals surface area contributed by atoms with Gasteiger partial charge in [-0.15, -0.1) is 12.4 Å². The zero-order valence-corrected chi connectivity index (χ0v) is 19.8. The summed E-state index contributed by atoms with van der Waals surface area (Å²) in [6.45, 7) is 5.32. The zero-order chi connectivity index (χ0) is 18.8. The van der Waals surface area contributed by atoms with Crippen LogP contribution in [0.3, 0.4) is 0 Å². The van der Waals surface area contributed by atoms with E-state index in [-0.39, 0.29) is 12.4 Å². The van der Waals surface area contributed by atoms with Crippen LogP contribution in [-0.2, 0) is 0 Å². The second-order valence-electron chi connectivity index (χ2n) is 11.6. The fraction of sp³-hybridized carbons (Fsp3) is 1.00. The van der Waals surface area contributed by atoms with E-state index in [1.165, 1.54) is 64.7 Å². The Labute approximate surface area is 181 Å². The second-order valence-corrected chi connectivity index (χ2v) is 11.6. The average molecular weight is 411 g/mol. The van der Waals surface area contributed by atoms with Gasteiger partial charge in [0, 0.05) is 0 Å². The molecule has 3 aliphatic carbocycles. The summed E-state index contributed by atoms with van der Waals surface area (Å²) in [5.74, 6) is 0. The highest BCUT2D eigenvalue weighted by atomic mass is 35.5. The predicted molar refractivity (Wildman–Crippen MR) is 123 cm³/mol. The lowest BCUT2D eigenvalue weighted by Gasteiger charge is -2.54. The first kappa shape index (κ1) is 22.9. The van der Waals surface area contributed by atoms with E-state index in [1.807, 2.05) is 0 Å². The normalized spacial score (nSPS) is 29.2. The molecule has 2 nitrogen and oxygen atoms in total. The van der Waals surface area contributed by atoms with E-state index < -0.39 is 0 Å². The van der Waals surface area contributed by atoms with E-state index in [0.29, 0.717) is 0 Å². The number of piperidine rings is 1. The Morgan fingerprint density at radius 1 is 0.607 bits per heavy atom. The molecule has 0 aromatic heterocycles. The first-order valence-corrected chi connectivity index (χ1v) is 12.4. The van der Waals surface area contributed by atoms with Gasteiger partial charge >= 0.3 is 0 Å². The molecule has 4 aliphatic rings. The highest BCUT2D eigenvalue weighted by Crippen LogP contribution is 2.60. The van der Waals surface area contributed by atoms with E-state index in [9.17, 15) is 0 Å². The van der Waals surface area contributed by atoms with Crippen molar-refractivity contribution in [2.24, 2.45) is 16.2 Å². The van der Waals surface area contributed by atoms with Gasteiger partial charge in [-0.05, 0) is 140 Å². The van der Waals surface area contributed by atoms with Crippen molar-refractivity contribution in [3.8, 4) is 0 Å². The minimum Gasteiger partial charge on any atom is -0.309 e. The van der Waals surface area contributed by atoms with Crippen molar-refractivity contribution in [3.05, 3.63) is 0 Å². The number of likely N-dealkylation sites (tertiary alicyclic amines) is 1. The summed E-state index contributed by atoms with van der Waals surface area (Å²) in [6.07, 6.45) is 24.6. The standard InChI is InChI=1S/C25H46N2.ClH/c1-26(2)19-6-20-27-21-17-25(18-22-27)15-13-24(14-16-25)11-9-23(10-12-24)7-4-3-5-8-23;/h3-22H2,1-2H3;1H. The Balaban J connectivity index is 0.00000225. The zero-order valence-electron chi connectivity index (χ0n) is 18.9. The fourth-order valence-corrected chi connectivity index (χ4v) is 7.28. The van der Waals surface area contributed by atoms with Gasteiger partial charge in [0.2, 0.25) is 0 Å². The van der Waals surface area contributed by atoms with E-state index in [2.05, 4.69) is 23.9 Å². The van der Waals surface area contributed by atoms with Gasteiger partial charge in [-0.1, -0.05) is 19.3 Å². The predicted octanol–water partition coefficient (Wildman–Crippen LogP) is 6.53. The van der Waals surface area contributed by atoms with Crippen molar-refractivity contribution in [2.45, 2.75) is 103 Å². The van der Waals surface area contributed by atoms with Crippen LogP contribution in [0.4, 0.5) is 0 Å². The maximum absolute atomic E-state index is 2.76. The molecule has 28 heavy (non-hydrogen) atoms. The lowest BCUT2D eigenvalue weighted by Crippen LogP contribution is -2.45. The largest absolute Gasteiger partial charge is 0.309 e. The lowest BCUT2D eigenvalue weighted by molar-refractivity contribution is -0.0283. The van der Waals surface area contributed by atoms with Crippen LogP contribution in [-0.4, -0.2) is 50.1 Å². The van der Waals surface area contributed by atoms with Crippen LogP contribution < -0.4 is 0 Å². The average Bonchev–Trinajstić information content (AvgIpc) is 2.69. The summed E-state index contributed by atoms with van der Waals surface area (Å²) >= 11 is 0. The van der Waals surface area contributed by atoms with E-state index in [0.717, 1.165) is 16.2 Å². The van der Waals surface area contributed by atoms with Gasteiger partial charge in [-0.2, -0.15) is 0 Å². The summed E-state index contributed by atoms with van der Waals surface area (Å²) in [7, 11) is 4.40. The van der Waals surface area contributed by atoms with Crippen molar-refractivity contribution in [3.63, 3.8) is 0 Å². The highest BCUT2D eigenvalue weighted by Gasteiger charge is 2.48. The molecule has 0 aromatic rings. The van der Waals surface area contributed by atoms with Crippen LogP contribution >= 0.6 is 12.4 Å². The summed E-state index contributed by atoms with van der Waals surface area (Å²) in [4.78, 5) is 5.08. The molecule has 4 rings (SSSR count). The molecular formula is C25H47ClN2. The van der Waals surface area contributed by atoms with E-state index in [1.54, 1.807) is 64.2 Å². The molecule has 1 aliphatic heterocycles.